The molecule has 0 aromatic carbocycles. The van der Waals surface area contributed by atoms with Crippen molar-refractivity contribution >= 4 is 11.9 Å². The fourth-order valence-electron chi connectivity index (χ4n) is 3.41. The van der Waals surface area contributed by atoms with E-state index in [-0.39, 0.29) is 12.2 Å². The highest BCUT2D eigenvalue weighted by atomic mass is 16.4. The van der Waals surface area contributed by atoms with Crippen LogP contribution in [0.5, 0.6) is 0 Å². The molecule has 2 heterocycles. The molecule has 8 nitrogen and oxygen atoms in total. The van der Waals surface area contributed by atoms with Crippen molar-refractivity contribution in [3.05, 3.63) is 0 Å². The van der Waals surface area contributed by atoms with Crippen molar-refractivity contribution in [3.8, 4) is 0 Å². The van der Waals surface area contributed by atoms with Crippen LogP contribution in [0, 0.1) is 10.8 Å². The number of aliphatic carboxylic acids is 2. The summed E-state index contributed by atoms with van der Waals surface area (Å²) in [7, 11) is 0. The zero-order valence-corrected chi connectivity index (χ0v) is 12.4. The van der Waals surface area contributed by atoms with Gasteiger partial charge in [-0.2, -0.15) is 0 Å². The van der Waals surface area contributed by atoms with E-state index in [0.29, 0.717) is 10.8 Å². The molecule has 2 aliphatic carbocycles. The fourth-order valence-corrected chi connectivity index (χ4v) is 3.41. The minimum atomic E-state index is -1.82. The highest BCUT2D eigenvalue weighted by molar-refractivity contribution is 6.27. The molecule has 0 atom stereocenters. The summed E-state index contributed by atoms with van der Waals surface area (Å²) in [5, 5.41) is 39.1. The van der Waals surface area contributed by atoms with Gasteiger partial charge in [-0.25, -0.2) is 9.59 Å². The molecule has 126 valence electrons. The van der Waals surface area contributed by atoms with Crippen molar-refractivity contribution in [2.24, 2.45) is 10.8 Å². The second-order valence-electron chi connectivity index (χ2n) is 6.94. The number of aliphatic hydroxyl groups is 2. The van der Waals surface area contributed by atoms with Crippen LogP contribution in [0.2, 0.25) is 0 Å². The van der Waals surface area contributed by atoms with E-state index < -0.39 is 11.9 Å². The summed E-state index contributed by atoms with van der Waals surface area (Å²) in [6.07, 6.45) is 4.22. The Morgan fingerprint density at radius 3 is 1.05 bits per heavy atom. The number of carbonyl (C=O) groups is 2. The average Bonchev–Trinajstić information content (AvgIpc) is 2.27. The molecule has 0 aromatic rings. The van der Waals surface area contributed by atoms with Crippen molar-refractivity contribution in [2.45, 2.75) is 37.9 Å². The van der Waals surface area contributed by atoms with Gasteiger partial charge >= 0.3 is 11.9 Å². The van der Waals surface area contributed by atoms with Crippen molar-refractivity contribution in [1.29, 1.82) is 0 Å². The molecule has 8 heteroatoms. The number of hydrogen-bond acceptors (Lipinski definition) is 6. The van der Waals surface area contributed by atoms with E-state index in [4.69, 9.17) is 30.0 Å². The minimum absolute atomic E-state index is 0.0251. The van der Waals surface area contributed by atoms with Crippen LogP contribution in [0.1, 0.15) is 25.7 Å². The van der Waals surface area contributed by atoms with Gasteiger partial charge in [0.15, 0.2) is 0 Å². The summed E-state index contributed by atoms with van der Waals surface area (Å²) < 4.78 is 0. The van der Waals surface area contributed by atoms with Gasteiger partial charge in [0.1, 0.15) is 0 Å². The lowest BCUT2D eigenvalue weighted by molar-refractivity contribution is -0.159. The lowest BCUT2D eigenvalue weighted by atomic mass is 9.63. The summed E-state index contributed by atoms with van der Waals surface area (Å²) in [4.78, 5) is 18.2. The molecule has 4 aliphatic rings. The van der Waals surface area contributed by atoms with Crippen LogP contribution >= 0.6 is 0 Å². The molecular formula is C14H24N2O6. The van der Waals surface area contributed by atoms with Gasteiger partial charge in [0.25, 0.3) is 0 Å². The van der Waals surface area contributed by atoms with Crippen molar-refractivity contribution in [2.75, 3.05) is 26.2 Å². The maximum atomic E-state index is 9.10. The molecule has 0 aromatic heterocycles. The van der Waals surface area contributed by atoms with Gasteiger partial charge < -0.3 is 31.1 Å². The molecule has 4 rings (SSSR count). The Morgan fingerprint density at radius 1 is 0.727 bits per heavy atom. The summed E-state index contributed by atoms with van der Waals surface area (Å²) in [6.45, 7) is 4.57. The van der Waals surface area contributed by atoms with Gasteiger partial charge in [-0.05, 0) is 25.7 Å². The van der Waals surface area contributed by atoms with Crippen LogP contribution in [0.3, 0.4) is 0 Å². The predicted octanol–water partition coefficient (Wildman–Crippen LogP) is -1.38. The summed E-state index contributed by atoms with van der Waals surface area (Å²) >= 11 is 0. The topological polar surface area (TPSA) is 139 Å². The van der Waals surface area contributed by atoms with E-state index in [1.165, 1.54) is 0 Å². The lowest BCUT2D eigenvalue weighted by Gasteiger charge is -2.52. The third-order valence-corrected chi connectivity index (χ3v) is 4.86. The second-order valence-corrected chi connectivity index (χ2v) is 6.94. The summed E-state index contributed by atoms with van der Waals surface area (Å²) in [6, 6.07) is 0. The Bertz CT molecular complexity index is 377. The molecule has 2 saturated heterocycles. The van der Waals surface area contributed by atoms with Crippen LogP contribution in [0.4, 0.5) is 0 Å². The number of nitrogens with one attached hydrogen (secondary N) is 2. The fraction of sp³-hybridized carbons (Fsp3) is 0.857. The van der Waals surface area contributed by atoms with E-state index in [2.05, 4.69) is 10.6 Å². The molecule has 6 N–H and O–H groups in total. The Hall–Kier alpha value is -1.22. The van der Waals surface area contributed by atoms with Gasteiger partial charge in [0, 0.05) is 37.0 Å². The molecule has 0 unspecified atom stereocenters. The molecule has 0 radical (unpaired) electrons. The van der Waals surface area contributed by atoms with E-state index in [9.17, 15) is 0 Å². The van der Waals surface area contributed by atoms with Crippen LogP contribution in [-0.4, -0.2) is 70.8 Å². The first kappa shape index (κ1) is 17.1. The first-order valence-electron chi connectivity index (χ1n) is 7.50. The van der Waals surface area contributed by atoms with Gasteiger partial charge in [0.2, 0.25) is 0 Å². The van der Waals surface area contributed by atoms with Crippen molar-refractivity contribution < 1.29 is 30.0 Å². The highest BCUT2D eigenvalue weighted by Crippen LogP contribution is 2.44. The highest BCUT2D eigenvalue weighted by Gasteiger charge is 2.48. The maximum absolute atomic E-state index is 9.10. The SMILES string of the molecule is O=C(O)C(=O)O.OC1CC2(CNC2)C1.OC1CC2(CNC2)C1. The molecule has 2 aliphatic heterocycles. The molecule has 0 bridgehead atoms. The van der Waals surface area contributed by atoms with Gasteiger partial charge in [-0.15, -0.1) is 0 Å². The van der Waals surface area contributed by atoms with E-state index in [0.717, 1.165) is 51.9 Å². The number of carboxylic acid groups (broad SMARTS) is 2. The lowest BCUT2D eigenvalue weighted by Crippen LogP contribution is -2.61. The van der Waals surface area contributed by atoms with Crippen LogP contribution in [-0.2, 0) is 9.59 Å². The molecule has 0 amide bonds. The molecule has 4 fully saturated rings. The first-order chi connectivity index (χ1) is 10.3. The summed E-state index contributed by atoms with van der Waals surface area (Å²) in [5.41, 5.74) is 1.11. The maximum Gasteiger partial charge on any atom is 0.414 e. The normalized spacial score (nSPS) is 29.3. The molecule has 2 saturated carbocycles. The van der Waals surface area contributed by atoms with E-state index in [1.807, 2.05) is 0 Å². The third kappa shape index (κ3) is 3.95. The molecule has 2 spiro atoms. The quantitative estimate of drug-likeness (QED) is 0.301. The second kappa shape index (κ2) is 6.49. The monoisotopic (exact) mass is 316 g/mol. The molecular weight excluding hydrogens is 292 g/mol. The van der Waals surface area contributed by atoms with Crippen molar-refractivity contribution in [1.82, 2.24) is 10.6 Å². The van der Waals surface area contributed by atoms with Crippen LogP contribution in [0.15, 0.2) is 0 Å². The largest absolute Gasteiger partial charge is 0.473 e. The Morgan fingerprint density at radius 2 is 1.00 bits per heavy atom. The number of carboxylic acids is 2. The Balaban J connectivity index is 0.000000123. The Kier molecular flexibility index (Phi) is 5.06. The first-order valence-corrected chi connectivity index (χ1v) is 7.50. The molecule has 22 heavy (non-hydrogen) atoms. The minimum Gasteiger partial charge on any atom is -0.473 e. The zero-order chi connectivity index (χ0) is 16.4. The summed E-state index contributed by atoms with van der Waals surface area (Å²) in [5.74, 6) is -3.65. The smallest absolute Gasteiger partial charge is 0.414 e. The van der Waals surface area contributed by atoms with Crippen LogP contribution < -0.4 is 10.6 Å². The number of rotatable bonds is 0. The van der Waals surface area contributed by atoms with E-state index in [1.54, 1.807) is 0 Å². The van der Waals surface area contributed by atoms with Gasteiger partial charge in [0.05, 0.1) is 12.2 Å². The van der Waals surface area contributed by atoms with Crippen molar-refractivity contribution in [3.63, 3.8) is 0 Å². The number of aliphatic hydroxyl groups excluding tert-OH is 2. The standard InChI is InChI=1S/2C6H11NO.C2H2O4/c2*8-5-1-6(2-5)3-7-4-6;3-1(4)2(5)6/h2*5,7-8H,1-4H2;(H,3,4)(H,5,6). The Labute approximate surface area is 128 Å². The van der Waals surface area contributed by atoms with Gasteiger partial charge in [-0.3, -0.25) is 0 Å². The van der Waals surface area contributed by atoms with Crippen LogP contribution in [0.25, 0.3) is 0 Å². The third-order valence-electron chi connectivity index (χ3n) is 4.86. The van der Waals surface area contributed by atoms with E-state index >= 15 is 0 Å². The average molecular weight is 316 g/mol. The zero-order valence-electron chi connectivity index (χ0n) is 12.4. The van der Waals surface area contributed by atoms with Gasteiger partial charge in [-0.1, -0.05) is 0 Å². The number of hydrogen-bond donors (Lipinski definition) is 6. The predicted molar refractivity (Wildman–Crippen MR) is 76.4 cm³/mol.